The molecule has 7 heteroatoms. The van der Waals surface area contributed by atoms with Crippen LogP contribution in [-0.4, -0.2) is 49.9 Å². The first-order chi connectivity index (χ1) is 20.7. The topological polar surface area (TPSA) is 51.2 Å². The molecule has 1 amide bonds. The Morgan fingerprint density at radius 3 is 2.42 bits per heavy atom. The maximum Gasteiger partial charge on any atom is 0.414 e. The molecule has 1 fully saturated rings. The molecule has 1 unspecified atom stereocenters. The second-order valence-electron chi connectivity index (χ2n) is 12.4. The van der Waals surface area contributed by atoms with E-state index in [2.05, 4.69) is 23.1 Å². The van der Waals surface area contributed by atoms with Crippen molar-refractivity contribution >= 4 is 22.6 Å². The number of fused-ring (bicyclic) bond motifs is 5. The van der Waals surface area contributed by atoms with Crippen molar-refractivity contribution in [1.82, 2.24) is 4.90 Å². The number of anilines is 1. The molecule has 2 aliphatic rings. The summed E-state index contributed by atoms with van der Waals surface area (Å²) >= 11 is 0. The average molecular weight is 583 g/mol. The maximum absolute atomic E-state index is 14.3. The molecule has 0 aromatic heterocycles. The quantitative estimate of drug-likeness (QED) is 0.229. The molecule has 43 heavy (non-hydrogen) atoms. The Morgan fingerprint density at radius 1 is 0.953 bits per heavy atom. The Hall–Kier alpha value is -4.10. The first kappa shape index (κ1) is 29.0. The van der Waals surface area contributed by atoms with E-state index < -0.39 is 11.7 Å². The second-order valence-corrected chi connectivity index (χ2v) is 12.4. The fourth-order valence-corrected chi connectivity index (χ4v) is 6.11. The number of methoxy groups -OCH3 is 1. The van der Waals surface area contributed by atoms with Gasteiger partial charge in [0.05, 0.1) is 7.11 Å². The lowest BCUT2D eigenvalue weighted by molar-refractivity contribution is 0.0575. The van der Waals surface area contributed by atoms with Crippen molar-refractivity contribution in [2.24, 2.45) is 0 Å². The molecule has 0 saturated carbocycles. The van der Waals surface area contributed by atoms with E-state index in [4.69, 9.17) is 14.2 Å². The summed E-state index contributed by atoms with van der Waals surface area (Å²) in [5, 5.41) is 2.07. The fraction of sp³-hybridized carbons (Fsp3) is 0.361. The number of carbonyl (C=O) groups is 1. The number of nitrogens with zero attached hydrogens (tertiary/aromatic N) is 2. The Kier molecular flexibility index (Phi) is 8.01. The van der Waals surface area contributed by atoms with E-state index in [1.807, 2.05) is 57.2 Å². The van der Waals surface area contributed by atoms with Gasteiger partial charge in [-0.25, -0.2) is 9.18 Å². The van der Waals surface area contributed by atoms with Crippen molar-refractivity contribution in [2.75, 3.05) is 38.2 Å². The molecule has 6 rings (SSSR count). The van der Waals surface area contributed by atoms with Crippen LogP contribution in [0.25, 0.3) is 21.9 Å². The van der Waals surface area contributed by atoms with E-state index in [-0.39, 0.29) is 11.9 Å². The van der Waals surface area contributed by atoms with E-state index >= 15 is 0 Å². The fourth-order valence-electron chi connectivity index (χ4n) is 6.11. The lowest BCUT2D eigenvalue weighted by Gasteiger charge is -2.32. The third-order valence-corrected chi connectivity index (χ3v) is 8.22. The predicted molar refractivity (Wildman–Crippen MR) is 169 cm³/mol. The average Bonchev–Trinajstić information content (AvgIpc) is 3.00. The molecule has 224 valence electrons. The third-order valence-electron chi connectivity index (χ3n) is 8.22. The highest BCUT2D eigenvalue weighted by Crippen LogP contribution is 2.48. The second kappa shape index (κ2) is 11.9. The van der Waals surface area contributed by atoms with Gasteiger partial charge in [0.15, 0.2) is 6.10 Å². The van der Waals surface area contributed by atoms with Gasteiger partial charge in [-0.05, 0) is 105 Å². The largest absolute Gasteiger partial charge is 0.497 e. The molecule has 0 bridgehead atoms. The van der Waals surface area contributed by atoms with E-state index in [9.17, 15) is 9.18 Å². The van der Waals surface area contributed by atoms with Crippen molar-refractivity contribution in [3.63, 3.8) is 0 Å². The van der Waals surface area contributed by atoms with E-state index in [1.165, 1.54) is 31.4 Å². The summed E-state index contributed by atoms with van der Waals surface area (Å²) in [7, 11) is 1.66. The van der Waals surface area contributed by atoms with E-state index in [0.29, 0.717) is 12.3 Å². The van der Waals surface area contributed by atoms with Gasteiger partial charge in [-0.2, -0.15) is 0 Å². The van der Waals surface area contributed by atoms with Crippen LogP contribution in [0.2, 0.25) is 0 Å². The molecular formula is C36H39FN2O4. The Morgan fingerprint density at radius 2 is 1.70 bits per heavy atom. The number of carbonyl (C=O) groups excluding carboxylic acids is 1. The smallest absolute Gasteiger partial charge is 0.414 e. The number of ether oxygens (including phenoxy) is 3. The molecule has 1 atom stereocenters. The number of amides is 1. The zero-order valence-corrected chi connectivity index (χ0v) is 25.4. The monoisotopic (exact) mass is 582 g/mol. The standard InChI is InChI=1S/C36H39FN2O4/c1-36(2,3)43-35(40)39(21-20-38-18-6-5-7-19-38)27-12-8-24(9-13-27)34-33-29-17-14-28(41-4)22-25(29)10-15-31(33)30-16-11-26(37)23-32(30)42-34/h8-17,22-23,34H,5-7,18-21H2,1-4H3. The first-order valence-corrected chi connectivity index (χ1v) is 15.1. The number of hydrogen-bond donors (Lipinski definition) is 0. The summed E-state index contributed by atoms with van der Waals surface area (Å²) in [5.74, 6) is 0.939. The van der Waals surface area contributed by atoms with Crippen LogP contribution < -0.4 is 14.4 Å². The van der Waals surface area contributed by atoms with Crippen LogP contribution in [-0.2, 0) is 4.74 Å². The van der Waals surface area contributed by atoms with Crippen molar-refractivity contribution in [3.8, 4) is 22.6 Å². The highest BCUT2D eigenvalue weighted by atomic mass is 19.1. The first-order valence-electron chi connectivity index (χ1n) is 15.1. The molecule has 0 N–H and O–H groups in total. The summed E-state index contributed by atoms with van der Waals surface area (Å²) in [6.45, 7) is 9.09. The van der Waals surface area contributed by atoms with Gasteiger partial charge in [0.1, 0.15) is 22.9 Å². The highest BCUT2D eigenvalue weighted by molar-refractivity contribution is 5.95. The number of hydrogen-bond acceptors (Lipinski definition) is 5. The molecule has 0 aliphatic carbocycles. The van der Waals surface area contributed by atoms with Crippen molar-refractivity contribution in [2.45, 2.75) is 51.7 Å². The van der Waals surface area contributed by atoms with E-state index in [0.717, 1.165) is 64.1 Å². The highest BCUT2D eigenvalue weighted by Gasteiger charge is 2.31. The molecule has 0 spiro atoms. The van der Waals surface area contributed by atoms with Gasteiger partial charge >= 0.3 is 6.09 Å². The third kappa shape index (κ3) is 6.18. The number of benzene rings is 4. The molecule has 4 aromatic rings. The number of piperidine rings is 1. The summed E-state index contributed by atoms with van der Waals surface area (Å²) in [4.78, 5) is 17.5. The normalized spacial score (nSPS) is 16.6. The minimum Gasteiger partial charge on any atom is -0.497 e. The van der Waals surface area contributed by atoms with Crippen LogP contribution in [0, 0.1) is 5.82 Å². The zero-order chi connectivity index (χ0) is 30.1. The lowest BCUT2D eigenvalue weighted by atomic mass is 9.86. The van der Waals surface area contributed by atoms with E-state index in [1.54, 1.807) is 18.1 Å². The minimum absolute atomic E-state index is 0.344. The van der Waals surface area contributed by atoms with Crippen LogP contribution in [0.15, 0.2) is 72.8 Å². The SMILES string of the molecule is COc1ccc2c3c(ccc2c1)-c1ccc(F)cc1OC3c1ccc(N(CCN2CCCCC2)C(=O)OC(C)(C)C)cc1. The summed E-state index contributed by atoms with van der Waals surface area (Å²) in [5.41, 5.74) is 3.94. The van der Waals surface area contributed by atoms with Crippen molar-refractivity contribution in [3.05, 3.63) is 89.7 Å². The molecule has 4 aromatic carbocycles. The number of halogens is 1. The molecule has 2 aliphatic heterocycles. The van der Waals surface area contributed by atoms with Crippen LogP contribution in [0.3, 0.4) is 0 Å². The van der Waals surface area contributed by atoms with Gasteiger partial charge in [-0.15, -0.1) is 0 Å². The molecule has 6 nitrogen and oxygen atoms in total. The van der Waals surface area contributed by atoms with Crippen LogP contribution in [0.1, 0.15) is 57.3 Å². The molecule has 2 heterocycles. The van der Waals surface area contributed by atoms with Gasteiger partial charge in [0, 0.05) is 36.0 Å². The lowest BCUT2D eigenvalue weighted by Crippen LogP contribution is -2.42. The summed E-state index contributed by atoms with van der Waals surface area (Å²) in [6, 6.07) is 22.7. The molecule has 0 radical (unpaired) electrons. The van der Waals surface area contributed by atoms with Gasteiger partial charge in [0.25, 0.3) is 0 Å². The molecule has 1 saturated heterocycles. The van der Waals surface area contributed by atoms with Gasteiger partial charge in [0.2, 0.25) is 0 Å². The van der Waals surface area contributed by atoms with Crippen molar-refractivity contribution < 1.29 is 23.4 Å². The van der Waals surface area contributed by atoms with Crippen LogP contribution >= 0.6 is 0 Å². The Labute approximate surface area is 253 Å². The predicted octanol–water partition coefficient (Wildman–Crippen LogP) is 8.36. The zero-order valence-electron chi connectivity index (χ0n) is 25.4. The number of likely N-dealkylation sites (tertiary alicyclic amines) is 1. The molecular weight excluding hydrogens is 543 g/mol. The van der Waals surface area contributed by atoms with Gasteiger partial charge in [-0.1, -0.05) is 36.8 Å². The van der Waals surface area contributed by atoms with Gasteiger partial charge < -0.3 is 19.1 Å². The Bertz CT molecular complexity index is 1620. The number of rotatable bonds is 6. The van der Waals surface area contributed by atoms with Crippen LogP contribution in [0.5, 0.6) is 11.5 Å². The van der Waals surface area contributed by atoms with Crippen LogP contribution in [0.4, 0.5) is 14.9 Å². The van der Waals surface area contributed by atoms with Crippen molar-refractivity contribution in [1.29, 1.82) is 0 Å². The summed E-state index contributed by atoms with van der Waals surface area (Å²) < 4.78 is 32.2. The summed E-state index contributed by atoms with van der Waals surface area (Å²) in [6.07, 6.45) is 2.82. The Balaban J connectivity index is 1.37. The van der Waals surface area contributed by atoms with Gasteiger partial charge in [-0.3, -0.25) is 4.90 Å². The maximum atomic E-state index is 14.3. The minimum atomic E-state index is -0.605.